The van der Waals surface area contributed by atoms with Crippen molar-refractivity contribution in [3.63, 3.8) is 0 Å². The highest BCUT2D eigenvalue weighted by Gasteiger charge is 2.31. The number of sulfonamides is 1. The average molecular weight is 398 g/mol. The largest absolute Gasteiger partial charge is 0.335 e. The Morgan fingerprint density at radius 2 is 1.61 bits per heavy atom. The summed E-state index contributed by atoms with van der Waals surface area (Å²) in [5.74, 6) is -0.177. The number of carbonyl (C=O) groups excluding carboxylic acids is 1. The maximum atomic E-state index is 12.9. The van der Waals surface area contributed by atoms with Gasteiger partial charge < -0.3 is 4.90 Å². The minimum Gasteiger partial charge on any atom is -0.335 e. The van der Waals surface area contributed by atoms with E-state index >= 15 is 0 Å². The molecular weight excluding hydrogens is 376 g/mol. The molecule has 1 aliphatic rings. The number of aryl methyl sites for hydroxylation is 2. The van der Waals surface area contributed by atoms with Gasteiger partial charge in [0.15, 0.2) is 5.69 Å². The van der Waals surface area contributed by atoms with Gasteiger partial charge in [-0.15, -0.1) is 0 Å². The smallest absolute Gasteiger partial charge is 0.275 e. The van der Waals surface area contributed by atoms with Crippen LogP contribution in [0.1, 0.15) is 21.6 Å². The second kappa shape index (κ2) is 7.03. The van der Waals surface area contributed by atoms with E-state index in [1.807, 2.05) is 32.0 Å². The van der Waals surface area contributed by atoms with Crippen molar-refractivity contribution < 1.29 is 13.2 Å². The van der Waals surface area contributed by atoms with Gasteiger partial charge in [0.1, 0.15) is 0 Å². The highest BCUT2D eigenvalue weighted by Crippen LogP contribution is 2.22. The number of benzene rings is 2. The number of piperazine rings is 1. The SMILES string of the molecule is Cc1ccc(S(=O)(=O)N2CCN(C(=O)c3n[nH]c4ccc(C)cc34)CC2)cc1. The lowest BCUT2D eigenvalue weighted by atomic mass is 10.1. The van der Waals surface area contributed by atoms with Crippen LogP contribution in [0.2, 0.25) is 0 Å². The minimum absolute atomic E-state index is 0.177. The molecule has 1 aromatic heterocycles. The summed E-state index contributed by atoms with van der Waals surface area (Å²) in [6.07, 6.45) is 0. The minimum atomic E-state index is -3.55. The molecule has 0 spiro atoms. The Kier molecular flexibility index (Phi) is 4.68. The summed E-state index contributed by atoms with van der Waals surface area (Å²) in [5, 5.41) is 7.87. The monoisotopic (exact) mass is 398 g/mol. The van der Waals surface area contributed by atoms with Crippen molar-refractivity contribution in [1.82, 2.24) is 19.4 Å². The van der Waals surface area contributed by atoms with Crippen LogP contribution in [0.4, 0.5) is 0 Å². The first-order chi connectivity index (χ1) is 13.4. The van der Waals surface area contributed by atoms with E-state index in [4.69, 9.17) is 0 Å². The maximum absolute atomic E-state index is 12.9. The summed E-state index contributed by atoms with van der Waals surface area (Å²) in [6.45, 7) is 5.09. The quantitative estimate of drug-likeness (QED) is 0.734. The van der Waals surface area contributed by atoms with Gasteiger partial charge in [0.25, 0.3) is 5.91 Å². The van der Waals surface area contributed by atoms with Gasteiger partial charge in [0.2, 0.25) is 10.0 Å². The van der Waals surface area contributed by atoms with Crippen LogP contribution in [-0.2, 0) is 10.0 Å². The highest BCUT2D eigenvalue weighted by atomic mass is 32.2. The number of aromatic nitrogens is 2. The summed E-state index contributed by atoms with van der Waals surface area (Å²) in [4.78, 5) is 14.9. The van der Waals surface area contributed by atoms with E-state index in [1.165, 1.54) is 4.31 Å². The molecule has 0 saturated carbocycles. The number of rotatable bonds is 3. The molecule has 2 aromatic carbocycles. The van der Waals surface area contributed by atoms with Crippen LogP contribution in [0.15, 0.2) is 47.4 Å². The average Bonchev–Trinajstić information content (AvgIpc) is 3.11. The predicted octanol–water partition coefficient (Wildman–Crippen LogP) is 2.33. The van der Waals surface area contributed by atoms with Crippen LogP contribution >= 0.6 is 0 Å². The van der Waals surface area contributed by atoms with Crippen molar-refractivity contribution in [2.45, 2.75) is 18.7 Å². The number of hydrogen-bond acceptors (Lipinski definition) is 4. The molecule has 0 radical (unpaired) electrons. The van der Waals surface area contributed by atoms with E-state index in [9.17, 15) is 13.2 Å². The molecule has 4 rings (SSSR count). The van der Waals surface area contributed by atoms with E-state index in [2.05, 4.69) is 10.2 Å². The van der Waals surface area contributed by atoms with Crippen LogP contribution in [0.5, 0.6) is 0 Å². The van der Waals surface area contributed by atoms with Gasteiger partial charge in [-0.1, -0.05) is 29.3 Å². The molecule has 1 fully saturated rings. The summed E-state index contributed by atoms with van der Waals surface area (Å²) in [7, 11) is -3.55. The molecule has 0 atom stereocenters. The number of fused-ring (bicyclic) bond motifs is 1. The maximum Gasteiger partial charge on any atom is 0.275 e. The van der Waals surface area contributed by atoms with Gasteiger partial charge in [-0.3, -0.25) is 9.89 Å². The molecule has 1 aliphatic heterocycles. The fraction of sp³-hybridized carbons (Fsp3) is 0.300. The lowest BCUT2D eigenvalue weighted by Crippen LogP contribution is -2.50. The van der Waals surface area contributed by atoms with Crippen LogP contribution in [-0.4, -0.2) is 59.9 Å². The van der Waals surface area contributed by atoms with E-state index in [1.54, 1.807) is 29.2 Å². The normalized spacial score (nSPS) is 15.9. The molecule has 3 aromatic rings. The Balaban J connectivity index is 1.50. The van der Waals surface area contributed by atoms with Crippen molar-refractivity contribution >= 4 is 26.8 Å². The van der Waals surface area contributed by atoms with Gasteiger partial charge in [0, 0.05) is 31.6 Å². The Bertz CT molecular complexity index is 1130. The third-order valence-electron chi connectivity index (χ3n) is 5.11. The van der Waals surface area contributed by atoms with Crippen molar-refractivity contribution in [3.8, 4) is 0 Å². The molecule has 0 bridgehead atoms. The molecule has 1 saturated heterocycles. The van der Waals surface area contributed by atoms with E-state index in [-0.39, 0.29) is 23.9 Å². The first kappa shape index (κ1) is 18.6. The molecule has 0 unspecified atom stereocenters. The van der Waals surface area contributed by atoms with E-state index in [0.717, 1.165) is 22.0 Å². The number of nitrogens with one attached hydrogen (secondary N) is 1. The van der Waals surface area contributed by atoms with Gasteiger partial charge in [0.05, 0.1) is 10.4 Å². The number of amides is 1. The van der Waals surface area contributed by atoms with Crippen molar-refractivity contribution in [1.29, 1.82) is 0 Å². The molecule has 28 heavy (non-hydrogen) atoms. The lowest BCUT2D eigenvalue weighted by Gasteiger charge is -2.33. The third-order valence-corrected chi connectivity index (χ3v) is 7.02. The number of hydrogen-bond donors (Lipinski definition) is 1. The molecule has 1 amide bonds. The number of nitrogens with zero attached hydrogens (tertiary/aromatic N) is 3. The standard InChI is InChI=1S/C20H22N4O3S/c1-14-3-6-16(7-4-14)28(26,27)24-11-9-23(10-12-24)20(25)19-17-13-15(2)5-8-18(17)21-22-19/h3-8,13H,9-12H2,1-2H3,(H,21,22). The summed E-state index contributed by atoms with van der Waals surface area (Å²) >= 11 is 0. The van der Waals surface area contributed by atoms with Crippen molar-refractivity contribution in [2.24, 2.45) is 0 Å². The zero-order valence-electron chi connectivity index (χ0n) is 15.8. The highest BCUT2D eigenvalue weighted by molar-refractivity contribution is 7.89. The third kappa shape index (κ3) is 3.29. The number of aromatic amines is 1. The summed E-state index contributed by atoms with van der Waals surface area (Å²) in [5.41, 5.74) is 3.26. The van der Waals surface area contributed by atoms with E-state index in [0.29, 0.717) is 18.8 Å². The first-order valence-electron chi connectivity index (χ1n) is 9.17. The van der Waals surface area contributed by atoms with Crippen molar-refractivity contribution in [2.75, 3.05) is 26.2 Å². The molecule has 8 heteroatoms. The lowest BCUT2D eigenvalue weighted by molar-refractivity contribution is 0.0694. The summed E-state index contributed by atoms with van der Waals surface area (Å²) in [6, 6.07) is 12.6. The molecule has 2 heterocycles. The second-order valence-corrected chi connectivity index (χ2v) is 9.07. The summed E-state index contributed by atoms with van der Waals surface area (Å²) < 4.78 is 27.1. The zero-order chi connectivity index (χ0) is 19.9. The van der Waals surface area contributed by atoms with Crippen LogP contribution in [0.3, 0.4) is 0 Å². The number of carbonyl (C=O) groups is 1. The number of H-pyrrole nitrogens is 1. The van der Waals surface area contributed by atoms with Crippen LogP contribution in [0, 0.1) is 13.8 Å². The molecule has 1 N–H and O–H groups in total. The van der Waals surface area contributed by atoms with Gasteiger partial charge in [-0.05, 0) is 38.1 Å². The second-order valence-electron chi connectivity index (χ2n) is 7.13. The first-order valence-corrected chi connectivity index (χ1v) is 10.6. The van der Waals surface area contributed by atoms with Gasteiger partial charge in [-0.2, -0.15) is 9.40 Å². The molecule has 0 aliphatic carbocycles. The van der Waals surface area contributed by atoms with Crippen molar-refractivity contribution in [3.05, 3.63) is 59.3 Å². The molecular formula is C20H22N4O3S. The molecule has 146 valence electrons. The fourth-order valence-corrected chi connectivity index (χ4v) is 4.85. The Morgan fingerprint density at radius 3 is 2.29 bits per heavy atom. The Hall–Kier alpha value is -2.71. The predicted molar refractivity (Wildman–Crippen MR) is 107 cm³/mol. The van der Waals surface area contributed by atoms with Gasteiger partial charge in [-0.25, -0.2) is 8.42 Å². The Labute approximate surface area is 164 Å². The Morgan fingerprint density at radius 1 is 0.964 bits per heavy atom. The fourth-order valence-electron chi connectivity index (χ4n) is 3.43. The zero-order valence-corrected chi connectivity index (χ0v) is 16.7. The van der Waals surface area contributed by atoms with E-state index < -0.39 is 10.0 Å². The topological polar surface area (TPSA) is 86.4 Å². The van der Waals surface area contributed by atoms with Crippen LogP contribution < -0.4 is 0 Å². The van der Waals surface area contributed by atoms with Crippen LogP contribution in [0.25, 0.3) is 10.9 Å². The molecule has 7 nitrogen and oxygen atoms in total. The van der Waals surface area contributed by atoms with Gasteiger partial charge >= 0.3 is 0 Å².